The Balaban J connectivity index is 2.12. The molecule has 0 radical (unpaired) electrons. The van der Waals surface area contributed by atoms with Crippen LogP contribution in [0.1, 0.15) is 32.0 Å². The maximum atomic E-state index is 12.4. The molecule has 3 rings (SSSR count). The molecule has 2 unspecified atom stereocenters. The number of aromatic nitrogens is 2. The van der Waals surface area contributed by atoms with Gasteiger partial charge in [-0.2, -0.15) is 0 Å². The van der Waals surface area contributed by atoms with Gasteiger partial charge in [-0.15, -0.1) is 0 Å². The standard InChI is InChI=1S/C15H18N2O/c1-11-8-12(2)15-16(9-11)10-14(17(15)18)13-6-4-3-5-7-13/h3-7,10-12H,8-9H2,1-2H3. The van der Waals surface area contributed by atoms with Gasteiger partial charge in [-0.05, 0) is 12.3 Å². The van der Waals surface area contributed by atoms with E-state index in [9.17, 15) is 5.21 Å². The second-order valence-corrected chi connectivity index (χ2v) is 5.43. The molecule has 0 fully saturated rings. The molecule has 0 aliphatic carbocycles. The number of rotatable bonds is 1. The zero-order valence-electron chi connectivity index (χ0n) is 10.8. The van der Waals surface area contributed by atoms with Crippen molar-refractivity contribution in [2.45, 2.75) is 32.7 Å². The lowest BCUT2D eigenvalue weighted by molar-refractivity contribution is -0.604. The summed E-state index contributed by atoms with van der Waals surface area (Å²) in [6, 6.07) is 9.89. The minimum Gasteiger partial charge on any atom is -0.710 e. The zero-order valence-corrected chi connectivity index (χ0v) is 10.8. The van der Waals surface area contributed by atoms with E-state index in [0.29, 0.717) is 11.8 Å². The molecular formula is C15H18N2O. The van der Waals surface area contributed by atoms with Gasteiger partial charge in [0.1, 0.15) is 6.20 Å². The lowest BCUT2D eigenvalue weighted by Gasteiger charge is -2.22. The lowest BCUT2D eigenvalue weighted by atomic mass is 9.93. The quantitative estimate of drug-likeness (QED) is 0.559. The number of fused-ring (bicyclic) bond motifs is 1. The lowest BCUT2D eigenvalue weighted by Crippen LogP contribution is -2.37. The van der Waals surface area contributed by atoms with E-state index < -0.39 is 0 Å². The molecule has 0 saturated carbocycles. The molecular weight excluding hydrogens is 224 g/mol. The van der Waals surface area contributed by atoms with Crippen molar-refractivity contribution in [2.75, 3.05) is 0 Å². The Morgan fingerprint density at radius 2 is 1.94 bits per heavy atom. The molecule has 2 aromatic rings. The first kappa shape index (κ1) is 11.3. The Labute approximate surface area is 107 Å². The fourth-order valence-electron chi connectivity index (χ4n) is 3.06. The molecule has 3 heteroatoms. The van der Waals surface area contributed by atoms with Crippen LogP contribution in [-0.4, -0.2) is 4.57 Å². The third kappa shape index (κ3) is 1.70. The molecule has 2 heterocycles. The largest absolute Gasteiger partial charge is 0.710 e. The predicted octanol–water partition coefficient (Wildman–Crippen LogP) is 2.93. The van der Waals surface area contributed by atoms with Crippen LogP contribution in [0.5, 0.6) is 0 Å². The van der Waals surface area contributed by atoms with Crippen LogP contribution in [0, 0.1) is 11.1 Å². The normalized spacial score (nSPS) is 22.8. The Bertz CT molecular complexity index is 559. The predicted molar refractivity (Wildman–Crippen MR) is 71.0 cm³/mol. The van der Waals surface area contributed by atoms with E-state index in [-0.39, 0.29) is 0 Å². The van der Waals surface area contributed by atoms with E-state index in [1.165, 1.54) is 0 Å². The third-order valence-electron chi connectivity index (χ3n) is 3.77. The van der Waals surface area contributed by atoms with Crippen LogP contribution in [0.25, 0.3) is 11.3 Å². The molecule has 2 atom stereocenters. The van der Waals surface area contributed by atoms with Crippen LogP contribution < -0.4 is 4.73 Å². The highest BCUT2D eigenvalue weighted by Gasteiger charge is 2.31. The highest BCUT2D eigenvalue weighted by atomic mass is 16.5. The van der Waals surface area contributed by atoms with Crippen molar-refractivity contribution in [3.8, 4) is 11.3 Å². The highest BCUT2D eigenvalue weighted by molar-refractivity contribution is 5.55. The van der Waals surface area contributed by atoms with Gasteiger partial charge >= 0.3 is 0 Å². The van der Waals surface area contributed by atoms with Crippen LogP contribution in [0.15, 0.2) is 36.5 Å². The van der Waals surface area contributed by atoms with Gasteiger partial charge in [-0.25, -0.2) is 9.30 Å². The first-order chi connectivity index (χ1) is 8.66. The summed E-state index contributed by atoms with van der Waals surface area (Å²) in [5.74, 6) is 1.89. The first-order valence-corrected chi connectivity index (χ1v) is 6.55. The summed E-state index contributed by atoms with van der Waals surface area (Å²) in [6.07, 6.45) is 3.10. The summed E-state index contributed by atoms with van der Waals surface area (Å²) in [6.45, 7) is 5.34. The fourth-order valence-corrected chi connectivity index (χ4v) is 3.06. The summed E-state index contributed by atoms with van der Waals surface area (Å²) in [5.41, 5.74) is 1.76. The van der Waals surface area contributed by atoms with Crippen molar-refractivity contribution in [1.29, 1.82) is 0 Å². The van der Waals surface area contributed by atoms with Crippen molar-refractivity contribution < 1.29 is 4.73 Å². The molecule has 0 saturated heterocycles. The van der Waals surface area contributed by atoms with Crippen LogP contribution in [-0.2, 0) is 6.54 Å². The number of hydrogen-bond acceptors (Lipinski definition) is 1. The smallest absolute Gasteiger partial charge is 0.262 e. The highest BCUT2D eigenvalue weighted by Crippen LogP contribution is 2.30. The second-order valence-electron chi connectivity index (χ2n) is 5.43. The maximum Gasteiger partial charge on any atom is 0.262 e. The van der Waals surface area contributed by atoms with Crippen molar-refractivity contribution in [2.24, 2.45) is 5.92 Å². The average molecular weight is 242 g/mol. The summed E-state index contributed by atoms with van der Waals surface area (Å²) < 4.78 is 3.25. The van der Waals surface area contributed by atoms with E-state index in [1.54, 1.807) is 0 Å². The molecule has 94 valence electrons. The van der Waals surface area contributed by atoms with Crippen molar-refractivity contribution in [3.63, 3.8) is 0 Å². The van der Waals surface area contributed by atoms with E-state index in [4.69, 9.17) is 0 Å². The van der Waals surface area contributed by atoms with Crippen LogP contribution in [0.2, 0.25) is 0 Å². The number of hydrogen-bond donors (Lipinski definition) is 0. The molecule has 1 aromatic carbocycles. The minimum absolute atomic E-state index is 0.337. The SMILES string of the molecule is CC1CC(C)c2n(cc(-c3ccccc3)[n+]2[O-])C1. The third-order valence-corrected chi connectivity index (χ3v) is 3.77. The number of benzene rings is 1. The first-order valence-electron chi connectivity index (χ1n) is 6.55. The molecule has 0 N–H and O–H groups in total. The van der Waals surface area contributed by atoms with Gasteiger partial charge in [-0.1, -0.05) is 44.2 Å². The molecule has 0 spiro atoms. The van der Waals surface area contributed by atoms with Gasteiger partial charge in [-0.3, -0.25) is 0 Å². The second kappa shape index (κ2) is 4.16. The van der Waals surface area contributed by atoms with Crippen molar-refractivity contribution >= 4 is 0 Å². The Kier molecular flexibility index (Phi) is 2.62. The van der Waals surface area contributed by atoms with Gasteiger partial charge in [0.05, 0.1) is 12.5 Å². The molecule has 0 amide bonds. The van der Waals surface area contributed by atoms with E-state index in [0.717, 1.165) is 34.8 Å². The molecule has 1 aliphatic rings. The monoisotopic (exact) mass is 242 g/mol. The van der Waals surface area contributed by atoms with E-state index in [2.05, 4.69) is 18.4 Å². The maximum absolute atomic E-state index is 12.4. The van der Waals surface area contributed by atoms with E-state index in [1.807, 2.05) is 36.5 Å². The van der Waals surface area contributed by atoms with E-state index >= 15 is 0 Å². The molecule has 1 aliphatic heterocycles. The van der Waals surface area contributed by atoms with Crippen molar-refractivity contribution in [3.05, 3.63) is 47.6 Å². The average Bonchev–Trinajstić information content (AvgIpc) is 2.67. The molecule has 18 heavy (non-hydrogen) atoms. The summed E-state index contributed by atoms with van der Waals surface area (Å²) in [4.78, 5) is 0. The van der Waals surface area contributed by atoms with Crippen LogP contribution >= 0.6 is 0 Å². The fraction of sp³-hybridized carbons (Fsp3) is 0.400. The van der Waals surface area contributed by atoms with Gasteiger partial charge in [0.15, 0.2) is 5.69 Å². The van der Waals surface area contributed by atoms with Crippen LogP contribution in [0.4, 0.5) is 0 Å². The Hall–Kier alpha value is -1.77. The molecule has 0 bridgehead atoms. The summed E-state index contributed by atoms with van der Waals surface area (Å²) in [7, 11) is 0. The molecule has 1 aromatic heterocycles. The van der Waals surface area contributed by atoms with Crippen LogP contribution in [0.3, 0.4) is 0 Å². The number of nitrogens with zero attached hydrogens (tertiary/aromatic N) is 2. The summed E-state index contributed by atoms with van der Waals surface area (Å²) in [5, 5.41) is 12.4. The van der Waals surface area contributed by atoms with Gasteiger partial charge in [0.25, 0.3) is 5.82 Å². The molecule has 3 nitrogen and oxygen atoms in total. The van der Waals surface area contributed by atoms with Gasteiger partial charge in [0.2, 0.25) is 0 Å². The zero-order chi connectivity index (χ0) is 12.7. The number of imidazole rings is 1. The van der Waals surface area contributed by atoms with Gasteiger partial charge in [0, 0.05) is 5.56 Å². The Morgan fingerprint density at radius 3 is 2.67 bits per heavy atom. The summed E-state index contributed by atoms with van der Waals surface area (Å²) >= 11 is 0. The topological polar surface area (TPSA) is 31.9 Å². The van der Waals surface area contributed by atoms with Gasteiger partial charge < -0.3 is 5.21 Å². The van der Waals surface area contributed by atoms with Crippen molar-refractivity contribution in [1.82, 2.24) is 4.57 Å². The Morgan fingerprint density at radius 1 is 1.22 bits per heavy atom. The minimum atomic E-state index is 0.337.